The van der Waals surface area contributed by atoms with Crippen LogP contribution >= 0.6 is 0 Å². The first kappa shape index (κ1) is 18.3. The van der Waals surface area contributed by atoms with Crippen LogP contribution < -0.4 is 5.73 Å². The number of sulfone groups is 1. The first-order valence-electron chi connectivity index (χ1n) is 6.98. The third-order valence-electron chi connectivity index (χ3n) is 3.02. The highest BCUT2D eigenvalue weighted by molar-refractivity contribution is 7.91. The fourth-order valence-corrected chi connectivity index (χ4v) is 3.37. The fourth-order valence-electron chi connectivity index (χ4n) is 1.91. The van der Waals surface area contributed by atoms with Gasteiger partial charge in [0.1, 0.15) is 4.90 Å². The molecule has 2 aromatic rings. The van der Waals surface area contributed by atoms with Gasteiger partial charge in [-0.1, -0.05) is 18.2 Å². The molecule has 0 aliphatic rings. The minimum atomic E-state index is -3.48. The monoisotopic (exact) mass is 324 g/mol. The standard InChI is InChI=1S/C14H19N3O2S.CH5N/c1-12-14(11-17(15-12)10-9-16(2)3)20(18,19)13-7-5-4-6-8-13;1-2/h4-8,11H,9-10H2,1-3H3;2H2,1H3. The van der Waals surface area contributed by atoms with E-state index >= 15 is 0 Å². The van der Waals surface area contributed by atoms with Gasteiger partial charge in [-0.25, -0.2) is 8.42 Å². The molecule has 22 heavy (non-hydrogen) atoms. The van der Waals surface area contributed by atoms with Crippen molar-refractivity contribution in [3.63, 3.8) is 0 Å². The quantitative estimate of drug-likeness (QED) is 0.892. The summed E-state index contributed by atoms with van der Waals surface area (Å²) in [5.74, 6) is 0. The number of likely N-dealkylation sites (N-methyl/N-ethyl adjacent to an activating group) is 1. The van der Waals surface area contributed by atoms with Crippen molar-refractivity contribution >= 4 is 9.84 Å². The molecule has 2 rings (SSSR count). The Bertz CT molecular complexity index is 679. The lowest BCUT2D eigenvalue weighted by Gasteiger charge is -2.08. The van der Waals surface area contributed by atoms with Gasteiger partial charge < -0.3 is 10.6 Å². The summed E-state index contributed by atoms with van der Waals surface area (Å²) in [6.07, 6.45) is 1.61. The van der Waals surface area contributed by atoms with Crippen molar-refractivity contribution in [1.29, 1.82) is 0 Å². The Morgan fingerprint density at radius 3 is 2.32 bits per heavy atom. The highest BCUT2D eigenvalue weighted by atomic mass is 32.2. The number of nitrogens with two attached hydrogens (primary N) is 1. The predicted octanol–water partition coefficient (Wildman–Crippen LogP) is 1.16. The molecule has 0 bridgehead atoms. The molecule has 2 N–H and O–H groups in total. The van der Waals surface area contributed by atoms with Crippen molar-refractivity contribution in [3.05, 3.63) is 42.2 Å². The summed E-state index contributed by atoms with van der Waals surface area (Å²) in [6.45, 7) is 3.20. The minimum absolute atomic E-state index is 0.280. The Morgan fingerprint density at radius 2 is 1.77 bits per heavy atom. The van der Waals surface area contributed by atoms with Crippen LogP contribution in [0.4, 0.5) is 0 Å². The van der Waals surface area contributed by atoms with E-state index in [0.717, 1.165) is 6.54 Å². The van der Waals surface area contributed by atoms with Crippen molar-refractivity contribution in [2.24, 2.45) is 5.73 Å². The molecule has 0 unspecified atom stereocenters. The normalized spacial score (nSPS) is 11.2. The number of benzene rings is 1. The highest BCUT2D eigenvalue weighted by Gasteiger charge is 2.22. The van der Waals surface area contributed by atoms with E-state index in [2.05, 4.69) is 10.8 Å². The lowest BCUT2D eigenvalue weighted by molar-refractivity contribution is 0.372. The predicted molar refractivity (Wildman–Crippen MR) is 87.5 cm³/mol. The van der Waals surface area contributed by atoms with E-state index in [1.807, 2.05) is 19.0 Å². The molecule has 0 saturated carbocycles. The molecule has 7 heteroatoms. The fraction of sp³-hybridized carbons (Fsp3) is 0.400. The van der Waals surface area contributed by atoms with E-state index < -0.39 is 9.84 Å². The van der Waals surface area contributed by atoms with E-state index in [4.69, 9.17) is 0 Å². The van der Waals surface area contributed by atoms with Crippen LogP contribution in [0.2, 0.25) is 0 Å². The molecule has 0 aliphatic carbocycles. The van der Waals surface area contributed by atoms with Crippen LogP contribution in [0, 0.1) is 6.92 Å². The van der Waals surface area contributed by atoms with Crippen molar-refractivity contribution < 1.29 is 8.42 Å². The summed E-state index contributed by atoms with van der Waals surface area (Å²) in [7, 11) is 1.96. The van der Waals surface area contributed by atoms with Gasteiger partial charge in [0, 0.05) is 12.7 Å². The Labute approximate surface area is 132 Å². The maximum Gasteiger partial charge on any atom is 0.209 e. The molecule has 0 aliphatic heterocycles. The van der Waals surface area contributed by atoms with Crippen molar-refractivity contribution in [3.8, 4) is 0 Å². The van der Waals surface area contributed by atoms with Crippen LogP contribution in [-0.2, 0) is 16.4 Å². The van der Waals surface area contributed by atoms with E-state index in [9.17, 15) is 8.42 Å². The summed E-state index contributed by atoms with van der Waals surface area (Å²) in [5, 5.41) is 4.29. The second kappa shape index (κ2) is 8.07. The van der Waals surface area contributed by atoms with Crippen LogP contribution in [0.1, 0.15) is 5.69 Å². The molecular formula is C15H24N4O2S. The van der Waals surface area contributed by atoms with Gasteiger partial charge >= 0.3 is 0 Å². The molecule has 0 radical (unpaired) electrons. The third-order valence-corrected chi connectivity index (χ3v) is 4.89. The van der Waals surface area contributed by atoms with E-state index in [1.54, 1.807) is 48.1 Å². The number of aromatic nitrogens is 2. The number of nitrogens with zero attached hydrogens (tertiary/aromatic N) is 3. The van der Waals surface area contributed by atoms with Crippen LogP contribution in [0.25, 0.3) is 0 Å². The van der Waals surface area contributed by atoms with Gasteiger partial charge in [0.2, 0.25) is 9.84 Å². The Morgan fingerprint density at radius 1 is 1.18 bits per heavy atom. The first-order chi connectivity index (χ1) is 10.4. The lowest BCUT2D eigenvalue weighted by Crippen LogP contribution is -2.18. The zero-order valence-corrected chi connectivity index (χ0v) is 14.3. The molecular weight excluding hydrogens is 300 g/mol. The number of rotatable bonds is 5. The van der Waals surface area contributed by atoms with E-state index in [0.29, 0.717) is 17.1 Å². The first-order valence-corrected chi connectivity index (χ1v) is 8.46. The highest BCUT2D eigenvalue weighted by Crippen LogP contribution is 2.22. The van der Waals surface area contributed by atoms with E-state index in [1.165, 1.54) is 7.05 Å². The average molecular weight is 324 g/mol. The molecule has 122 valence electrons. The van der Waals surface area contributed by atoms with Gasteiger partial charge in [-0.15, -0.1) is 0 Å². The zero-order chi connectivity index (χ0) is 16.8. The smallest absolute Gasteiger partial charge is 0.209 e. The molecule has 1 aromatic heterocycles. The summed E-state index contributed by atoms with van der Waals surface area (Å²) in [4.78, 5) is 2.61. The lowest BCUT2D eigenvalue weighted by atomic mass is 10.4. The van der Waals surface area contributed by atoms with Crippen molar-refractivity contribution in [2.45, 2.75) is 23.3 Å². The Kier molecular flexibility index (Phi) is 6.73. The number of aryl methyl sites for hydroxylation is 1. The minimum Gasteiger partial charge on any atom is -0.333 e. The number of hydrogen-bond donors (Lipinski definition) is 1. The van der Waals surface area contributed by atoms with Gasteiger partial charge in [-0.2, -0.15) is 5.10 Å². The van der Waals surface area contributed by atoms with Crippen LogP contribution in [0.3, 0.4) is 0 Å². The Hall–Kier alpha value is -1.70. The molecule has 1 heterocycles. The SMILES string of the molecule is CN.Cc1nn(CCN(C)C)cc1S(=O)(=O)c1ccccc1. The maximum atomic E-state index is 12.5. The molecule has 6 nitrogen and oxygen atoms in total. The average Bonchev–Trinajstić information content (AvgIpc) is 2.90. The molecule has 0 atom stereocenters. The third kappa shape index (κ3) is 4.40. The number of hydrogen-bond acceptors (Lipinski definition) is 5. The van der Waals surface area contributed by atoms with Gasteiger partial charge in [-0.05, 0) is 40.2 Å². The topological polar surface area (TPSA) is 81.2 Å². The summed E-state index contributed by atoms with van der Waals surface area (Å²) >= 11 is 0. The van der Waals surface area contributed by atoms with Crippen molar-refractivity contribution in [1.82, 2.24) is 14.7 Å². The second-order valence-corrected chi connectivity index (χ2v) is 6.88. The molecule has 1 aromatic carbocycles. The van der Waals surface area contributed by atoms with Crippen molar-refractivity contribution in [2.75, 3.05) is 27.7 Å². The van der Waals surface area contributed by atoms with Gasteiger partial charge in [-0.3, -0.25) is 4.68 Å². The van der Waals surface area contributed by atoms with Crippen LogP contribution in [0.15, 0.2) is 46.3 Å². The zero-order valence-electron chi connectivity index (χ0n) is 13.5. The largest absolute Gasteiger partial charge is 0.333 e. The van der Waals surface area contributed by atoms with E-state index in [-0.39, 0.29) is 4.90 Å². The van der Waals surface area contributed by atoms with Crippen LogP contribution in [-0.4, -0.2) is 50.8 Å². The van der Waals surface area contributed by atoms with Gasteiger partial charge in [0.05, 0.1) is 17.1 Å². The van der Waals surface area contributed by atoms with Crippen LogP contribution in [0.5, 0.6) is 0 Å². The molecule has 0 saturated heterocycles. The van der Waals surface area contributed by atoms with Gasteiger partial charge in [0.15, 0.2) is 0 Å². The summed E-state index contributed by atoms with van der Waals surface area (Å²) in [5.41, 5.74) is 5.03. The molecule has 0 spiro atoms. The second-order valence-electron chi connectivity index (χ2n) is 4.96. The Balaban J connectivity index is 0.00000116. The molecule has 0 fully saturated rings. The van der Waals surface area contributed by atoms with Gasteiger partial charge in [0.25, 0.3) is 0 Å². The maximum absolute atomic E-state index is 12.5. The molecule has 0 amide bonds. The summed E-state index contributed by atoms with van der Waals surface area (Å²) < 4.78 is 26.8. The summed E-state index contributed by atoms with van der Waals surface area (Å²) in [6, 6.07) is 8.45.